The number of aliphatic carboxylic acids is 1. The minimum atomic E-state index is -1.19. The summed E-state index contributed by atoms with van der Waals surface area (Å²) in [6, 6.07) is 2.34. The molecule has 16 heavy (non-hydrogen) atoms. The molecule has 0 saturated carbocycles. The maximum Gasteiger partial charge on any atom is 0.325 e. The van der Waals surface area contributed by atoms with Gasteiger partial charge in [-0.1, -0.05) is 0 Å². The maximum atomic E-state index is 11.5. The summed E-state index contributed by atoms with van der Waals surface area (Å²) in [7, 11) is 0. The van der Waals surface area contributed by atoms with Gasteiger partial charge in [0.2, 0.25) is 0 Å². The third kappa shape index (κ3) is 2.63. The lowest BCUT2D eigenvalue weighted by atomic mass is 10.1. The second-order valence-electron chi connectivity index (χ2n) is 3.23. The van der Waals surface area contributed by atoms with E-state index in [0.717, 1.165) is 12.1 Å². The standard InChI is InChI=1S/C10H11NO5/c1-5(10(15)16)11-9(14)7-4-6(12)2-3-8(7)13/h2-5,12-13H,1H3,(H,11,14)(H,15,16). The number of benzene rings is 1. The first kappa shape index (κ1) is 11.8. The van der Waals surface area contributed by atoms with Gasteiger partial charge in [-0.2, -0.15) is 0 Å². The van der Waals surface area contributed by atoms with Crippen molar-refractivity contribution in [2.75, 3.05) is 0 Å². The monoisotopic (exact) mass is 225 g/mol. The second kappa shape index (κ2) is 4.52. The number of carboxylic acids is 1. The van der Waals surface area contributed by atoms with Crippen LogP contribution in [0, 0.1) is 0 Å². The highest BCUT2D eigenvalue weighted by Gasteiger charge is 2.17. The molecular weight excluding hydrogens is 214 g/mol. The summed E-state index contributed by atoms with van der Waals surface area (Å²) in [5, 5.41) is 29.2. The van der Waals surface area contributed by atoms with Gasteiger partial charge in [0.05, 0.1) is 5.56 Å². The fourth-order valence-electron chi connectivity index (χ4n) is 1.04. The molecule has 0 aromatic heterocycles. The number of nitrogens with one attached hydrogen (secondary N) is 1. The lowest BCUT2D eigenvalue weighted by Gasteiger charge is -2.10. The van der Waals surface area contributed by atoms with Gasteiger partial charge in [0.25, 0.3) is 5.91 Å². The van der Waals surface area contributed by atoms with Gasteiger partial charge in [-0.25, -0.2) is 0 Å². The number of aromatic hydroxyl groups is 2. The summed E-state index contributed by atoms with van der Waals surface area (Å²) in [4.78, 5) is 22.0. The summed E-state index contributed by atoms with van der Waals surface area (Å²) in [5.41, 5.74) is -0.173. The number of phenols is 2. The normalized spacial score (nSPS) is 11.8. The first-order valence-corrected chi connectivity index (χ1v) is 4.47. The minimum Gasteiger partial charge on any atom is -0.508 e. The Balaban J connectivity index is 2.88. The van der Waals surface area contributed by atoms with E-state index in [4.69, 9.17) is 10.2 Å². The molecule has 0 aliphatic rings. The molecule has 1 aromatic rings. The topological polar surface area (TPSA) is 107 Å². The molecule has 0 aliphatic carbocycles. The number of carbonyl (C=O) groups is 2. The highest BCUT2D eigenvalue weighted by atomic mass is 16.4. The lowest BCUT2D eigenvalue weighted by Crippen LogP contribution is -2.38. The van der Waals surface area contributed by atoms with Crippen molar-refractivity contribution in [3.8, 4) is 11.5 Å². The number of amides is 1. The first-order chi connectivity index (χ1) is 7.41. The Morgan fingerprint density at radius 1 is 1.31 bits per heavy atom. The molecular formula is C10H11NO5. The highest BCUT2D eigenvalue weighted by Crippen LogP contribution is 2.21. The summed E-state index contributed by atoms with van der Waals surface area (Å²) in [6.07, 6.45) is 0. The van der Waals surface area contributed by atoms with E-state index in [1.165, 1.54) is 13.0 Å². The van der Waals surface area contributed by atoms with Crippen molar-refractivity contribution in [2.45, 2.75) is 13.0 Å². The van der Waals surface area contributed by atoms with E-state index < -0.39 is 17.9 Å². The molecule has 0 saturated heterocycles. The first-order valence-electron chi connectivity index (χ1n) is 4.47. The van der Waals surface area contributed by atoms with Gasteiger partial charge >= 0.3 is 5.97 Å². The van der Waals surface area contributed by atoms with Crippen LogP contribution in [-0.4, -0.2) is 33.2 Å². The van der Waals surface area contributed by atoms with Crippen LogP contribution in [0.1, 0.15) is 17.3 Å². The molecule has 1 aromatic carbocycles. The van der Waals surface area contributed by atoms with Crippen molar-refractivity contribution < 1.29 is 24.9 Å². The van der Waals surface area contributed by atoms with E-state index in [0.29, 0.717) is 0 Å². The van der Waals surface area contributed by atoms with Crippen molar-refractivity contribution in [1.29, 1.82) is 0 Å². The fraction of sp³-hybridized carbons (Fsp3) is 0.200. The fourth-order valence-corrected chi connectivity index (χ4v) is 1.04. The molecule has 0 heterocycles. The number of rotatable bonds is 3. The quantitative estimate of drug-likeness (QED) is 0.553. The molecule has 0 bridgehead atoms. The lowest BCUT2D eigenvalue weighted by molar-refractivity contribution is -0.138. The highest BCUT2D eigenvalue weighted by molar-refractivity contribution is 5.99. The SMILES string of the molecule is CC(NC(=O)c1cc(O)ccc1O)C(=O)O. The third-order valence-electron chi connectivity index (χ3n) is 1.94. The maximum absolute atomic E-state index is 11.5. The van der Waals surface area contributed by atoms with Crippen LogP contribution in [0.3, 0.4) is 0 Å². The molecule has 1 amide bonds. The molecule has 6 nitrogen and oxygen atoms in total. The van der Waals surface area contributed by atoms with E-state index in [2.05, 4.69) is 5.32 Å². The van der Waals surface area contributed by atoms with Crippen LogP contribution in [0.5, 0.6) is 11.5 Å². The van der Waals surface area contributed by atoms with Crippen LogP contribution in [0.25, 0.3) is 0 Å². The molecule has 86 valence electrons. The summed E-state index contributed by atoms with van der Waals surface area (Å²) < 4.78 is 0. The van der Waals surface area contributed by atoms with E-state index in [1.807, 2.05) is 0 Å². The van der Waals surface area contributed by atoms with Gasteiger partial charge in [0, 0.05) is 0 Å². The summed E-state index contributed by atoms with van der Waals surface area (Å²) in [6.45, 7) is 1.29. The van der Waals surface area contributed by atoms with Crippen molar-refractivity contribution in [2.24, 2.45) is 0 Å². The Bertz CT molecular complexity index is 429. The Hall–Kier alpha value is -2.24. The zero-order valence-corrected chi connectivity index (χ0v) is 8.47. The van der Waals surface area contributed by atoms with Gasteiger partial charge in [-0.3, -0.25) is 9.59 Å². The molecule has 0 radical (unpaired) electrons. The largest absolute Gasteiger partial charge is 0.508 e. The summed E-state index contributed by atoms with van der Waals surface area (Å²) in [5.74, 6) is -2.46. The number of phenolic OH excluding ortho intramolecular Hbond substituents is 2. The molecule has 1 rings (SSSR count). The van der Waals surface area contributed by atoms with Crippen LogP contribution in [0.15, 0.2) is 18.2 Å². The van der Waals surface area contributed by atoms with Crippen molar-refractivity contribution >= 4 is 11.9 Å². The average Bonchev–Trinajstić information content (AvgIpc) is 2.21. The van der Waals surface area contributed by atoms with E-state index in [9.17, 15) is 14.7 Å². The van der Waals surface area contributed by atoms with Crippen molar-refractivity contribution in [3.63, 3.8) is 0 Å². The zero-order chi connectivity index (χ0) is 12.3. The van der Waals surface area contributed by atoms with Crippen LogP contribution < -0.4 is 5.32 Å². The van der Waals surface area contributed by atoms with Crippen LogP contribution in [0.4, 0.5) is 0 Å². The average molecular weight is 225 g/mol. The van der Waals surface area contributed by atoms with Gasteiger partial charge in [-0.15, -0.1) is 0 Å². The Morgan fingerprint density at radius 2 is 1.94 bits per heavy atom. The number of hydrogen-bond donors (Lipinski definition) is 4. The smallest absolute Gasteiger partial charge is 0.325 e. The van der Waals surface area contributed by atoms with Crippen LogP contribution in [-0.2, 0) is 4.79 Å². The van der Waals surface area contributed by atoms with E-state index >= 15 is 0 Å². The molecule has 1 unspecified atom stereocenters. The third-order valence-corrected chi connectivity index (χ3v) is 1.94. The number of hydrogen-bond acceptors (Lipinski definition) is 4. The van der Waals surface area contributed by atoms with Gasteiger partial charge < -0.3 is 20.6 Å². The summed E-state index contributed by atoms with van der Waals surface area (Å²) >= 11 is 0. The van der Waals surface area contributed by atoms with Crippen LogP contribution >= 0.6 is 0 Å². The molecule has 4 N–H and O–H groups in total. The second-order valence-corrected chi connectivity index (χ2v) is 3.23. The molecule has 0 aliphatic heterocycles. The van der Waals surface area contributed by atoms with E-state index in [-0.39, 0.29) is 17.1 Å². The van der Waals surface area contributed by atoms with Gasteiger partial charge in [-0.05, 0) is 25.1 Å². The van der Waals surface area contributed by atoms with E-state index in [1.54, 1.807) is 0 Å². The molecule has 0 spiro atoms. The predicted molar refractivity (Wildman–Crippen MR) is 54.3 cm³/mol. The Kier molecular flexibility index (Phi) is 3.34. The Labute approximate surface area is 91.1 Å². The van der Waals surface area contributed by atoms with Gasteiger partial charge in [0.15, 0.2) is 0 Å². The molecule has 6 heteroatoms. The van der Waals surface area contributed by atoms with Crippen molar-refractivity contribution in [1.82, 2.24) is 5.32 Å². The predicted octanol–water partition coefficient (Wildman–Crippen LogP) is 0.301. The molecule has 0 fully saturated rings. The minimum absolute atomic E-state index is 0.173. The molecule has 1 atom stereocenters. The zero-order valence-electron chi connectivity index (χ0n) is 8.47. The number of carboxylic acid groups (broad SMARTS) is 1. The van der Waals surface area contributed by atoms with Crippen molar-refractivity contribution in [3.05, 3.63) is 23.8 Å². The van der Waals surface area contributed by atoms with Gasteiger partial charge in [0.1, 0.15) is 17.5 Å². The number of carbonyl (C=O) groups excluding carboxylic acids is 1. The Morgan fingerprint density at radius 3 is 2.50 bits per heavy atom. The van der Waals surface area contributed by atoms with Crippen LogP contribution in [0.2, 0.25) is 0 Å².